The van der Waals surface area contributed by atoms with Gasteiger partial charge in [-0.1, -0.05) is 12.1 Å². The van der Waals surface area contributed by atoms with Gasteiger partial charge in [0, 0.05) is 17.3 Å². The maximum Gasteiger partial charge on any atom is 0.266 e. The van der Waals surface area contributed by atoms with Crippen molar-refractivity contribution >= 4 is 0 Å². The Morgan fingerprint density at radius 1 is 1.12 bits per heavy atom. The van der Waals surface area contributed by atoms with E-state index in [2.05, 4.69) is 4.98 Å². The molecular formula is C20H14F2N2O2. The van der Waals surface area contributed by atoms with Crippen LogP contribution < -0.4 is 10.3 Å². The second kappa shape index (κ2) is 7.19. The van der Waals surface area contributed by atoms with E-state index in [0.29, 0.717) is 28.1 Å². The molecule has 0 aliphatic rings. The molecule has 1 N–H and O–H groups in total. The summed E-state index contributed by atoms with van der Waals surface area (Å²) in [5.41, 5.74) is 1.68. The predicted octanol–water partition coefficient (Wildman–Crippen LogP) is 4.08. The van der Waals surface area contributed by atoms with Gasteiger partial charge in [-0.15, -0.1) is 0 Å². The van der Waals surface area contributed by atoms with Gasteiger partial charge in [0.25, 0.3) is 5.56 Å². The Morgan fingerprint density at radius 2 is 1.85 bits per heavy atom. The maximum absolute atomic E-state index is 13.2. The van der Waals surface area contributed by atoms with E-state index in [1.807, 2.05) is 6.07 Å². The highest BCUT2D eigenvalue weighted by Gasteiger charge is 2.11. The van der Waals surface area contributed by atoms with Crippen LogP contribution in [0.4, 0.5) is 8.78 Å². The van der Waals surface area contributed by atoms with Crippen LogP contribution in [0.25, 0.3) is 11.1 Å². The average molecular weight is 352 g/mol. The third-order valence-corrected chi connectivity index (χ3v) is 3.75. The third-order valence-electron chi connectivity index (χ3n) is 3.75. The molecule has 0 fully saturated rings. The second-order valence-electron chi connectivity index (χ2n) is 5.78. The Hall–Kier alpha value is -3.46. The number of aryl methyl sites for hydroxylation is 1. The van der Waals surface area contributed by atoms with Crippen LogP contribution in [0.2, 0.25) is 0 Å². The molecule has 26 heavy (non-hydrogen) atoms. The van der Waals surface area contributed by atoms with Gasteiger partial charge in [-0.3, -0.25) is 4.79 Å². The molecule has 2 aromatic carbocycles. The Morgan fingerprint density at radius 3 is 2.54 bits per heavy atom. The fraction of sp³-hybridized carbons (Fsp3) is 0.100. The first-order chi connectivity index (χ1) is 12.5. The highest BCUT2D eigenvalue weighted by molar-refractivity contribution is 5.71. The van der Waals surface area contributed by atoms with Crippen molar-refractivity contribution in [2.75, 3.05) is 0 Å². The van der Waals surface area contributed by atoms with Crippen LogP contribution in [0, 0.1) is 29.9 Å². The fourth-order valence-electron chi connectivity index (χ4n) is 2.64. The minimum Gasteiger partial charge on any atom is -0.489 e. The Kier molecular flexibility index (Phi) is 4.81. The number of hydrogen-bond acceptors (Lipinski definition) is 3. The van der Waals surface area contributed by atoms with E-state index in [4.69, 9.17) is 4.74 Å². The van der Waals surface area contributed by atoms with E-state index in [1.54, 1.807) is 37.3 Å². The topological polar surface area (TPSA) is 65.9 Å². The number of halogens is 2. The summed E-state index contributed by atoms with van der Waals surface area (Å²) in [4.78, 5) is 14.5. The number of nitrogens with zero attached hydrogens (tertiary/aromatic N) is 1. The number of aromatic nitrogens is 1. The number of rotatable bonds is 4. The number of pyridine rings is 1. The van der Waals surface area contributed by atoms with Crippen molar-refractivity contribution in [2.24, 2.45) is 0 Å². The molecule has 0 saturated carbocycles. The van der Waals surface area contributed by atoms with Crippen molar-refractivity contribution < 1.29 is 13.5 Å². The lowest BCUT2D eigenvalue weighted by atomic mass is 10.0. The molecule has 0 amide bonds. The van der Waals surface area contributed by atoms with E-state index in [1.165, 1.54) is 12.1 Å². The first kappa shape index (κ1) is 17.4. The molecule has 0 atom stereocenters. The molecule has 0 unspecified atom stereocenters. The summed E-state index contributed by atoms with van der Waals surface area (Å²) in [6, 6.07) is 13.6. The molecule has 0 bridgehead atoms. The van der Waals surface area contributed by atoms with Crippen molar-refractivity contribution in [3.8, 4) is 22.9 Å². The summed E-state index contributed by atoms with van der Waals surface area (Å²) in [5, 5.41) is 9.25. The van der Waals surface area contributed by atoms with E-state index in [0.717, 1.165) is 6.07 Å². The van der Waals surface area contributed by atoms with E-state index < -0.39 is 17.2 Å². The standard InChI is InChI=1S/C20H14F2N2O2/c1-12-5-18(19(10-23)20(25)24-12)14-3-2-4-17(8-14)26-11-13-6-15(21)9-16(22)7-13/h2-9H,11H2,1H3,(H,24,25). The molecule has 0 saturated heterocycles. The van der Waals surface area contributed by atoms with Crippen molar-refractivity contribution in [3.63, 3.8) is 0 Å². The normalized spacial score (nSPS) is 10.4. The summed E-state index contributed by atoms with van der Waals surface area (Å²) in [6.45, 7) is 1.71. The van der Waals surface area contributed by atoms with Crippen LogP contribution in [0.5, 0.6) is 5.75 Å². The van der Waals surface area contributed by atoms with Crippen LogP contribution in [0.1, 0.15) is 16.8 Å². The van der Waals surface area contributed by atoms with Gasteiger partial charge in [0.05, 0.1) is 0 Å². The van der Waals surface area contributed by atoms with Crippen LogP contribution >= 0.6 is 0 Å². The fourth-order valence-corrected chi connectivity index (χ4v) is 2.64. The van der Waals surface area contributed by atoms with Crippen molar-refractivity contribution in [3.05, 3.63) is 87.3 Å². The largest absolute Gasteiger partial charge is 0.489 e. The zero-order valence-corrected chi connectivity index (χ0v) is 13.8. The molecule has 6 heteroatoms. The molecular weight excluding hydrogens is 338 g/mol. The van der Waals surface area contributed by atoms with E-state index in [-0.39, 0.29) is 12.2 Å². The number of nitriles is 1. The Balaban J connectivity index is 1.90. The Bertz CT molecular complexity index is 1050. The van der Waals surface area contributed by atoms with Gasteiger partial charge < -0.3 is 9.72 Å². The average Bonchev–Trinajstić information content (AvgIpc) is 2.59. The van der Waals surface area contributed by atoms with E-state index >= 15 is 0 Å². The zero-order chi connectivity index (χ0) is 18.7. The molecule has 0 aliphatic carbocycles. The first-order valence-electron chi connectivity index (χ1n) is 7.78. The smallest absolute Gasteiger partial charge is 0.266 e. The molecule has 3 aromatic rings. The van der Waals surface area contributed by atoms with Crippen LogP contribution in [-0.2, 0) is 6.61 Å². The monoisotopic (exact) mass is 352 g/mol. The van der Waals surface area contributed by atoms with Gasteiger partial charge in [0.1, 0.15) is 35.6 Å². The van der Waals surface area contributed by atoms with E-state index in [9.17, 15) is 18.8 Å². The lowest BCUT2D eigenvalue weighted by molar-refractivity contribution is 0.305. The number of benzene rings is 2. The van der Waals surface area contributed by atoms with Crippen LogP contribution in [-0.4, -0.2) is 4.98 Å². The summed E-state index contributed by atoms with van der Waals surface area (Å²) in [6.07, 6.45) is 0. The highest BCUT2D eigenvalue weighted by atomic mass is 19.1. The Labute approximate surface area is 148 Å². The number of hydrogen-bond donors (Lipinski definition) is 1. The molecule has 0 spiro atoms. The number of H-pyrrole nitrogens is 1. The zero-order valence-electron chi connectivity index (χ0n) is 13.8. The molecule has 0 radical (unpaired) electrons. The van der Waals surface area contributed by atoms with Gasteiger partial charge in [0.15, 0.2) is 0 Å². The van der Waals surface area contributed by atoms with Gasteiger partial charge in [-0.25, -0.2) is 8.78 Å². The lowest BCUT2D eigenvalue weighted by Gasteiger charge is -2.10. The number of aromatic amines is 1. The van der Waals surface area contributed by atoms with Crippen molar-refractivity contribution in [2.45, 2.75) is 13.5 Å². The van der Waals surface area contributed by atoms with Gasteiger partial charge in [-0.05, 0) is 48.4 Å². The summed E-state index contributed by atoms with van der Waals surface area (Å²) < 4.78 is 32.1. The van der Waals surface area contributed by atoms with Gasteiger partial charge in [-0.2, -0.15) is 5.26 Å². The molecule has 0 aliphatic heterocycles. The minimum atomic E-state index is -0.671. The van der Waals surface area contributed by atoms with Crippen molar-refractivity contribution in [1.29, 1.82) is 5.26 Å². The first-order valence-corrected chi connectivity index (χ1v) is 7.78. The molecule has 1 aromatic heterocycles. The number of nitrogens with one attached hydrogen (secondary N) is 1. The summed E-state index contributed by atoms with van der Waals surface area (Å²) in [5.74, 6) is -0.890. The molecule has 3 rings (SSSR count). The highest BCUT2D eigenvalue weighted by Crippen LogP contribution is 2.26. The lowest BCUT2D eigenvalue weighted by Crippen LogP contribution is -2.12. The van der Waals surface area contributed by atoms with Crippen LogP contribution in [0.3, 0.4) is 0 Å². The molecule has 4 nitrogen and oxygen atoms in total. The summed E-state index contributed by atoms with van der Waals surface area (Å²) >= 11 is 0. The quantitative estimate of drug-likeness (QED) is 0.769. The maximum atomic E-state index is 13.2. The number of ether oxygens (including phenoxy) is 1. The molecule has 130 valence electrons. The predicted molar refractivity (Wildman–Crippen MR) is 92.6 cm³/mol. The minimum absolute atomic E-state index is 0.0138. The summed E-state index contributed by atoms with van der Waals surface area (Å²) in [7, 11) is 0. The van der Waals surface area contributed by atoms with Crippen LogP contribution in [0.15, 0.2) is 53.3 Å². The van der Waals surface area contributed by atoms with Gasteiger partial charge in [0.2, 0.25) is 0 Å². The second-order valence-corrected chi connectivity index (χ2v) is 5.78. The van der Waals surface area contributed by atoms with Crippen molar-refractivity contribution in [1.82, 2.24) is 4.98 Å². The molecule has 1 heterocycles. The van der Waals surface area contributed by atoms with Gasteiger partial charge >= 0.3 is 0 Å². The third kappa shape index (κ3) is 3.78. The SMILES string of the molecule is Cc1cc(-c2cccc(OCc3cc(F)cc(F)c3)c2)c(C#N)c(=O)[nH]1.